The minimum absolute atomic E-state index is 0.0711. The molecule has 0 bridgehead atoms. The van der Waals surface area contributed by atoms with Crippen molar-refractivity contribution >= 4 is 38.1 Å². The van der Waals surface area contributed by atoms with Gasteiger partial charge in [-0.05, 0) is 31.5 Å². The van der Waals surface area contributed by atoms with E-state index in [-0.39, 0.29) is 22.3 Å². The monoisotopic (exact) mass is 453 g/mol. The Labute approximate surface area is 175 Å². The van der Waals surface area contributed by atoms with Gasteiger partial charge in [-0.1, -0.05) is 17.4 Å². The summed E-state index contributed by atoms with van der Waals surface area (Å²) in [5.74, 6) is -0.327. The Kier molecular flexibility index (Phi) is 5.28. The van der Waals surface area contributed by atoms with E-state index in [1.807, 2.05) is 0 Å². The van der Waals surface area contributed by atoms with Gasteiger partial charge in [-0.15, -0.1) is 0 Å². The molecule has 1 N–H and O–H groups in total. The first kappa shape index (κ1) is 20.4. The van der Waals surface area contributed by atoms with Crippen LogP contribution in [0.3, 0.4) is 0 Å². The fourth-order valence-corrected chi connectivity index (χ4v) is 5.72. The van der Waals surface area contributed by atoms with E-state index < -0.39 is 22.5 Å². The zero-order valence-corrected chi connectivity index (χ0v) is 17.4. The van der Waals surface area contributed by atoms with Gasteiger partial charge in [0.05, 0.1) is 22.0 Å². The number of carbonyl (C=O) groups excluding carboxylic acids is 1. The summed E-state index contributed by atoms with van der Waals surface area (Å²) >= 11 is 1.04. The molecule has 0 spiro atoms. The van der Waals surface area contributed by atoms with Crippen molar-refractivity contribution in [3.05, 3.63) is 47.9 Å². The van der Waals surface area contributed by atoms with Crippen molar-refractivity contribution in [3.8, 4) is 10.7 Å². The summed E-state index contributed by atoms with van der Waals surface area (Å²) < 4.78 is 52.5. The van der Waals surface area contributed by atoms with Crippen LogP contribution in [0.2, 0.25) is 0 Å². The summed E-state index contributed by atoms with van der Waals surface area (Å²) in [6, 6.07) is 6.31. The second-order valence-corrected chi connectivity index (χ2v) is 9.63. The number of benzene rings is 1. The predicted molar refractivity (Wildman–Crippen MR) is 109 cm³/mol. The van der Waals surface area contributed by atoms with Crippen LogP contribution in [0.4, 0.5) is 19.6 Å². The van der Waals surface area contributed by atoms with Gasteiger partial charge in [-0.25, -0.2) is 18.4 Å². The molecule has 0 saturated carbocycles. The Morgan fingerprint density at radius 3 is 2.83 bits per heavy atom. The van der Waals surface area contributed by atoms with Crippen LogP contribution in [0.25, 0.3) is 10.7 Å². The van der Waals surface area contributed by atoms with E-state index in [4.69, 9.17) is 0 Å². The fraction of sp³-hybridized carbons (Fsp3) is 0.278. The van der Waals surface area contributed by atoms with Crippen LogP contribution < -0.4 is 9.62 Å². The van der Waals surface area contributed by atoms with Crippen LogP contribution in [-0.4, -0.2) is 41.2 Å². The third-order valence-electron chi connectivity index (χ3n) is 4.59. The number of thiazole rings is 1. The highest BCUT2D eigenvalue weighted by Crippen LogP contribution is 2.34. The van der Waals surface area contributed by atoms with Crippen LogP contribution >= 0.6 is 11.3 Å². The van der Waals surface area contributed by atoms with Gasteiger partial charge in [0.1, 0.15) is 0 Å². The molecule has 0 radical (unpaired) electrons. The normalized spacial score (nSPS) is 15.7. The molecule has 3 heterocycles. The van der Waals surface area contributed by atoms with Gasteiger partial charge in [0, 0.05) is 24.5 Å². The van der Waals surface area contributed by atoms with Crippen LogP contribution in [0.1, 0.15) is 29.0 Å². The lowest BCUT2D eigenvalue weighted by molar-refractivity contribution is 0.0720. The Bertz CT molecular complexity index is 1210. The third kappa shape index (κ3) is 3.79. The minimum Gasteiger partial charge on any atom is -0.298 e. The summed E-state index contributed by atoms with van der Waals surface area (Å²) in [5, 5.41) is 2.88. The number of carbonyl (C=O) groups is 1. The molecule has 1 aromatic carbocycles. The van der Waals surface area contributed by atoms with E-state index in [0.717, 1.165) is 15.9 Å². The first-order chi connectivity index (χ1) is 14.3. The average molecular weight is 453 g/mol. The van der Waals surface area contributed by atoms with E-state index in [2.05, 4.69) is 15.3 Å². The number of rotatable bonds is 5. The zero-order chi connectivity index (χ0) is 21.5. The van der Waals surface area contributed by atoms with Gasteiger partial charge >= 0.3 is 6.55 Å². The second kappa shape index (κ2) is 7.76. The Morgan fingerprint density at radius 1 is 1.33 bits per heavy atom. The number of nitrogens with zero attached hydrogens (tertiary/aromatic N) is 4. The quantitative estimate of drug-likeness (QED) is 0.638. The SMILES string of the molecule is Cc1nc(NC(=O)c2cccc(N3CCCS3(=O)=O)c2)sc1-c1nccn1C(F)F. The Hall–Kier alpha value is -2.86. The number of amides is 1. The van der Waals surface area contributed by atoms with E-state index >= 15 is 0 Å². The highest BCUT2D eigenvalue weighted by atomic mass is 32.2. The Balaban J connectivity index is 1.57. The van der Waals surface area contributed by atoms with Gasteiger partial charge in [0.15, 0.2) is 11.0 Å². The molecule has 1 fully saturated rings. The van der Waals surface area contributed by atoms with E-state index in [0.29, 0.717) is 29.2 Å². The standard InChI is InChI=1S/C18H17F2N5O3S2/c1-11-14(15-21-6-8-24(15)17(19)20)29-18(22-11)23-16(26)12-4-2-5-13(10-12)25-7-3-9-30(25,27)28/h2,4-6,8,10,17H,3,7,9H2,1H3,(H,22,23,26). The predicted octanol–water partition coefficient (Wildman–Crippen LogP) is 3.50. The average Bonchev–Trinajstić information content (AvgIpc) is 3.39. The Morgan fingerprint density at radius 2 is 2.13 bits per heavy atom. The van der Waals surface area contributed by atoms with Crippen LogP contribution in [0.5, 0.6) is 0 Å². The molecule has 158 valence electrons. The number of nitrogens with one attached hydrogen (secondary N) is 1. The van der Waals surface area contributed by atoms with E-state index in [1.54, 1.807) is 25.1 Å². The van der Waals surface area contributed by atoms with E-state index in [9.17, 15) is 22.0 Å². The minimum atomic E-state index is -3.36. The maximum absolute atomic E-state index is 13.1. The number of aromatic nitrogens is 3. The molecule has 0 atom stereocenters. The highest BCUT2D eigenvalue weighted by Gasteiger charge is 2.29. The molecule has 1 saturated heterocycles. The number of anilines is 2. The second-order valence-electron chi connectivity index (χ2n) is 6.62. The summed E-state index contributed by atoms with van der Waals surface area (Å²) in [6.45, 7) is -0.726. The molecular weight excluding hydrogens is 436 g/mol. The number of sulfonamides is 1. The molecule has 0 aliphatic carbocycles. The largest absolute Gasteiger partial charge is 0.320 e. The van der Waals surface area contributed by atoms with Gasteiger partial charge in [-0.2, -0.15) is 8.78 Å². The number of alkyl halides is 2. The van der Waals surface area contributed by atoms with Crippen LogP contribution in [0.15, 0.2) is 36.7 Å². The van der Waals surface area contributed by atoms with Gasteiger partial charge in [0.2, 0.25) is 10.0 Å². The van der Waals surface area contributed by atoms with Crippen molar-refractivity contribution in [3.63, 3.8) is 0 Å². The maximum atomic E-state index is 13.1. The van der Waals surface area contributed by atoms with Gasteiger partial charge < -0.3 is 0 Å². The molecule has 1 aliphatic heterocycles. The number of imidazole rings is 1. The van der Waals surface area contributed by atoms with Crippen molar-refractivity contribution in [1.29, 1.82) is 0 Å². The summed E-state index contributed by atoms with van der Waals surface area (Å²) in [4.78, 5) is 21.3. The molecule has 3 aromatic rings. The molecule has 8 nitrogen and oxygen atoms in total. The van der Waals surface area contributed by atoms with Gasteiger partial charge in [0.25, 0.3) is 5.91 Å². The number of halogens is 2. The van der Waals surface area contributed by atoms with Gasteiger partial charge in [-0.3, -0.25) is 19.0 Å². The van der Waals surface area contributed by atoms with Crippen molar-refractivity contribution in [1.82, 2.24) is 14.5 Å². The molecule has 4 rings (SSSR count). The van der Waals surface area contributed by atoms with E-state index in [1.165, 1.54) is 22.8 Å². The van der Waals surface area contributed by atoms with Crippen LogP contribution in [0, 0.1) is 6.92 Å². The molecule has 2 aromatic heterocycles. The molecule has 1 amide bonds. The van der Waals surface area contributed by atoms with Crippen molar-refractivity contribution in [2.75, 3.05) is 21.9 Å². The first-order valence-corrected chi connectivity index (χ1v) is 11.4. The molecule has 30 heavy (non-hydrogen) atoms. The first-order valence-electron chi connectivity index (χ1n) is 8.97. The molecule has 0 unspecified atom stereocenters. The topological polar surface area (TPSA) is 97.2 Å². The zero-order valence-electron chi connectivity index (χ0n) is 15.7. The van der Waals surface area contributed by atoms with Crippen LogP contribution in [-0.2, 0) is 10.0 Å². The van der Waals surface area contributed by atoms with Crippen molar-refractivity contribution in [2.45, 2.75) is 19.9 Å². The lowest BCUT2D eigenvalue weighted by atomic mass is 10.2. The third-order valence-corrected chi connectivity index (χ3v) is 7.53. The maximum Gasteiger partial charge on any atom is 0.320 e. The number of hydrogen-bond acceptors (Lipinski definition) is 6. The summed E-state index contributed by atoms with van der Waals surface area (Å²) in [6.07, 6.45) is 2.99. The van der Waals surface area contributed by atoms with Crippen molar-refractivity contribution < 1.29 is 22.0 Å². The summed E-state index contributed by atoms with van der Waals surface area (Å²) in [5.41, 5.74) is 1.15. The van der Waals surface area contributed by atoms with Crippen molar-refractivity contribution in [2.24, 2.45) is 0 Å². The number of aryl methyl sites for hydroxylation is 1. The highest BCUT2D eigenvalue weighted by molar-refractivity contribution is 7.93. The summed E-state index contributed by atoms with van der Waals surface area (Å²) in [7, 11) is -3.36. The molecule has 1 aliphatic rings. The smallest absolute Gasteiger partial charge is 0.298 e. The lowest BCUT2D eigenvalue weighted by Crippen LogP contribution is -2.25. The number of hydrogen-bond donors (Lipinski definition) is 1. The molecular formula is C18H17F2N5O3S2. The molecule has 12 heteroatoms. The fourth-order valence-electron chi connectivity index (χ4n) is 3.20. The lowest BCUT2D eigenvalue weighted by Gasteiger charge is -2.17.